The summed E-state index contributed by atoms with van der Waals surface area (Å²) in [5.74, 6) is -0.436. The van der Waals surface area contributed by atoms with Crippen molar-refractivity contribution in [3.63, 3.8) is 0 Å². The van der Waals surface area contributed by atoms with Gasteiger partial charge in [-0.3, -0.25) is 4.79 Å². The first kappa shape index (κ1) is 12.4. The molecular formula is C12H15ClN2O2. The van der Waals surface area contributed by atoms with Gasteiger partial charge in [-0.15, -0.1) is 0 Å². The molecule has 1 aliphatic rings. The van der Waals surface area contributed by atoms with Gasteiger partial charge in [-0.1, -0.05) is 23.7 Å². The molecule has 0 saturated carbocycles. The van der Waals surface area contributed by atoms with E-state index in [4.69, 9.17) is 22.1 Å². The number of halogens is 1. The number of nitrogens with one attached hydrogen (secondary N) is 1. The third-order valence-electron chi connectivity index (χ3n) is 2.91. The second kappa shape index (κ2) is 5.04. The molecule has 2 unspecified atom stereocenters. The minimum atomic E-state index is -0.299. The van der Waals surface area contributed by atoms with E-state index in [1.54, 1.807) is 6.07 Å². The Morgan fingerprint density at radius 1 is 1.53 bits per heavy atom. The summed E-state index contributed by atoms with van der Waals surface area (Å²) >= 11 is 6.10. The lowest BCUT2D eigenvalue weighted by molar-refractivity contribution is -0.120. The predicted octanol–water partition coefficient (Wildman–Crippen LogP) is 1.56. The van der Waals surface area contributed by atoms with Gasteiger partial charge in [0.1, 0.15) is 0 Å². The van der Waals surface area contributed by atoms with Gasteiger partial charge in [0.2, 0.25) is 5.91 Å². The largest absolute Gasteiger partial charge is 0.379 e. The molecule has 1 amide bonds. The minimum Gasteiger partial charge on any atom is -0.379 e. The lowest BCUT2D eigenvalue weighted by Crippen LogP contribution is -2.37. The Kier molecular flexibility index (Phi) is 3.66. The molecule has 92 valence electrons. The van der Waals surface area contributed by atoms with Crippen LogP contribution in [0.1, 0.15) is 5.56 Å². The molecule has 1 aliphatic heterocycles. The zero-order chi connectivity index (χ0) is 12.4. The van der Waals surface area contributed by atoms with Gasteiger partial charge in [0, 0.05) is 6.04 Å². The zero-order valence-electron chi connectivity index (χ0n) is 9.57. The van der Waals surface area contributed by atoms with Crippen LogP contribution in [-0.4, -0.2) is 25.2 Å². The first-order valence-corrected chi connectivity index (χ1v) is 5.86. The molecule has 1 heterocycles. The summed E-state index contributed by atoms with van der Waals surface area (Å²) in [6.45, 7) is 2.69. The van der Waals surface area contributed by atoms with Crippen molar-refractivity contribution in [2.75, 3.05) is 18.5 Å². The summed E-state index contributed by atoms with van der Waals surface area (Å²) in [6, 6.07) is 5.28. The maximum absolute atomic E-state index is 12.0. The van der Waals surface area contributed by atoms with Gasteiger partial charge in [-0.25, -0.2) is 0 Å². The number of hydrogen-bond acceptors (Lipinski definition) is 3. The number of ether oxygens (including phenoxy) is 1. The molecule has 2 rings (SSSR count). The Morgan fingerprint density at radius 3 is 2.94 bits per heavy atom. The smallest absolute Gasteiger partial charge is 0.231 e. The van der Waals surface area contributed by atoms with Crippen molar-refractivity contribution in [3.8, 4) is 0 Å². The Labute approximate surface area is 105 Å². The van der Waals surface area contributed by atoms with E-state index in [-0.39, 0.29) is 17.9 Å². The summed E-state index contributed by atoms with van der Waals surface area (Å²) in [5, 5.41) is 3.36. The average Bonchev–Trinajstić information content (AvgIpc) is 2.71. The highest BCUT2D eigenvalue weighted by atomic mass is 35.5. The minimum absolute atomic E-state index is 0.137. The molecule has 5 heteroatoms. The molecule has 0 aromatic heterocycles. The molecule has 0 bridgehead atoms. The van der Waals surface area contributed by atoms with E-state index in [2.05, 4.69) is 5.32 Å². The quantitative estimate of drug-likeness (QED) is 0.842. The summed E-state index contributed by atoms with van der Waals surface area (Å²) < 4.78 is 5.16. The van der Waals surface area contributed by atoms with Crippen molar-refractivity contribution in [3.05, 3.63) is 28.8 Å². The maximum Gasteiger partial charge on any atom is 0.231 e. The summed E-state index contributed by atoms with van der Waals surface area (Å²) in [6.07, 6.45) is 0. The van der Waals surface area contributed by atoms with Crippen molar-refractivity contribution in [2.24, 2.45) is 11.7 Å². The Morgan fingerprint density at radius 2 is 2.29 bits per heavy atom. The molecular weight excluding hydrogens is 240 g/mol. The highest BCUT2D eigenvalue weighted by Gasteiger charge is 2.31. The Balaban J connectivity index is 2.10. The molecule has 1 saturated heterocycles. The van der Waals surface area contributed by atoms with Crippen LogP contribution in [-0.2, 0) is 9.53 Å². The van der Waals surface area contributed by atoms with Gasteiger partial charge in [0.05, 0.1) is 29.8 Å². The van der Waals surface area contributed by atoms with Crippen molar-refractivity contribution in [1.29, 1.82) is 0 Å². The Bertz CT molecular complexity index is 437. The van der Waals surface area contributed by atoms with Crippen LogP contribution in [0.5, 0.6) is 0 Å². The van der Waals surface area contributed by atoms with E-state index >= 15 is 0 Å². The van der Waals surface area contributed by atoms with Crippen molar-refractivity contribution in [1.82, 2.24) is 0 Å². The second-order valence-electron chi connectivity index (χ2n) is 4.23. The van der Waals surface area contributed by atoms with E-state index in [1.807, 2.05) is 19.1 Å². The lowest BCUT2D eigenvalue weighted by atomic mass is 10.0. The van der Waals surface area contributed by atoms with E-state index in [9.17, 15) is 4.79 Å². The topological polar surface area (TPSA) is 64.3 Å². The highest BCUT2D eigenvalue weighted by molar-refractivity contribution is 6.34. The maximum atomic E-state index is 12.0. The number of hydrogen-bond donors (Lipinski definition) is 2. The molecule has 0 spiro atoms. The van der Waals surface area contributed by atoms with Crippen LogP contribution in [0.25, 0.3) is 0 Å². The van der Waals surface area contributed by atoms with Crippen LogP contribution in [0.4, 0.5) is 5.69 Å². The SMILES string of the molecule is Cc1cccc(NC(=O)C2COCC2N)c1Cl. The van der Waals surface area contributed by atoms with E-state index in [1.165, 1.54) is 0 Å². The predicted molar refractivity (Wildman–Crippen MR) is 67.1 cm³/mol. The van der Waals surface area contributed by atoms with Gasteiger partial charge in [0.25, 0.3) is 0 Å². The number of amides is 1. The average molecular weight is 255 g/mol. The van der Waals surface area contributed by atoms with E-state index < -0.39 is 0 Å². The fourth-order valence-electron chi connectivity index (χ4n) is 1.81. The van der Waals surface area contributed by atoms with Crippen LogP contribution in [0.3, 0.4) is 0 Å². The van der Waals surface area contributed by atoms with Crippen LogP contribution in [0.15, 0.2) is 18.2 Å². The fourth-order valence-corrected chi connectivity index (χ4v) is 1.98. The molecule has 0 aliphatic carbocycles. The molecule has 17 heavy (non-hydrogen) atoms. The van der Waals surface area contributed by atoms with Crippen molar-refractivity contribution < 1.29 is 9.53 Å². The van der Waals surface area contributed by atoms with Crippen LogP contribution in [0, 0.1) is 12.8 Å². The first-order chi connectivity index (χ1) is 8.09. The van der Waals surface area contributed by atoms with Gasteiger partial charge in [0.15, 0.2) is 0 Å². The van der Waals surface area contributed by atoms with E-state index in [0.29, 0.717) is 23.9 Å². The second-order valence-corrected chi connectivity index (χ2v) is 4.61. The van der Waals surface area contributed by atoms with Gasteiger partial charge < -0.3 is 15.8 Å². The molecule has 1 aromatic rings. The molecule has 1 aromatic carbocycles. The molecule has 0 radical (unpaired) electrons. The highest BCUT2D eigenvalue weighted by Crippen LogP contribution is 2.26. The number of aryl methyl sites for hydroxylation is 1. The van der Waals surface area contributed by atoms with Crippen molar-refractivity contribution in [2.45, 2.75) is 13.0 Å². The summed E-state index contributed by atoms with van der Waals surface area (Å²) in [7, 11) is 0. The van der Waals surface area contributed by atoms with Crippen molar-refractivity contribution >= 4 is 23.2 Å². The number of rotatable bonds is 2. The molecule has 1 fully saturated rings. The van der Waals surface area contributed by atoms with Crippen LogP contribution < -0.4 is 11.1 Å². The number of carbonyl (C=O) groups excluding carboxylic acids is 1. The van der Waals surface area contributed by atoms with Gasteiger partial charge in [-0.05, 0) is 18.6 Å². The molecule has 3 N–H and O–H groups in total. The first-order valence-electron chi connectivity index (χ1n) is 5.49. The zero-order valence-corrected chi connectivity index (χ0v) is 10.3. The molecule has 4 nitrogen and oxygen atoms in total. The standard InChI is InChI=1S/C12H15ClN2O2/c1-7-3-2-4-10(11(7)13)15-12(16)8-5-17-6-9(8)14/h2-4,8-9H,5-6,14H2,1H3,(H,15,16). The van der Waals surface area contributed by atoms with Crippen LogP contribution in [0.2, 0.25) is 5.02 Å². The van der Waals surface area contributed by atoms with E-state index in [0.717, 1.165) is 5.56 Å². The number of benzene rings is 1. The normalized spacial score (nSPS) is 23.7. The van der Waals surface area contributed by atoms with Gasteiger partial charge >= 0.3 is 0 Å². The third kappa shape index (κ3) is 2.60. The fraction of sp³-hybridized carbons (Fsp3) is 0.417. The number of carbonyl (C=O) groups is 1. The monoisotopic (exact) mass is 254 g/mol. The number of anilines is 1. The third-order valence-corrected chi connectivity index (χ3v) is 3.41. The summed E-state index contributed by atoms with van der Waals surface area (Å²) in [4.78, 5) is 12.0. The number of nitrogens with two attached hydrogens (primary N) is 1. The Hall–Kier alpha value is -1.10. The summed E-state index contributed by atoms with van der Waals surface area (Å²) in [5.41, 5.74) is 7.33. The lowest BCUT2D eigenvalue weighted by Gasteiger charge is -2.14. The van der Waals surface area contributed by atoms with Crippen LogP contribution >= 0.6 is 11.6 Å². The molecule has 2 atom stereocenters. The van der Waals surface area contributed by atoms with Gasteiger partial charge in [-0.2, -0.15) is 0 Å².